The van der Waals surface area contributed by atoms with Gasteiger partial charge in [-0.05, 0) is 29.7 Å². The molecule has 114 valence electrons. The molecule has 1 aromatic carbocycles. The number of carbonyl (C=O) groups is 2. The van der Waals surface area contributed by atoms with Crippen LogP contribution in [0, 0.1) is 0 Å². The Hall–Kier alpha value is -2.25. The Balaban J connectivity index is 2.06. The average Bonchev–Trinajstić information content (AvgIpc) is 2.42. The number of fused-ring (bicyclic) bond motifs is 1. The van der Waals surface area contributed by atoms with E-state index in [0.717, 1.165) is 5.56 Å². The molecule has 0 spiro atoms. The molecule has 1 aromatic rings. The number of amides is 2. The van der Waals surface area contributed by atoms with Crippen molar-refractivity contribution in [2.75, 3.05) is 13.1 Å². The molecular weight excluding hydrogens is 289 g/mol. The van der Waals surface area contributed by atoms with Crippen molar-refractivity contribution in [3.05, 3.63) is 34.9 Å². The minimum atomic E-state index is -4.46. The van der Waals surface area contributed by atoms with Crippen LogP contribution in [0.15, 0.2) is 18.2 Å². The van der Waals surface area contributed by atoms with Crippen LogP contribution in [0.3, 0.4) is 0 Å². The Morgan fingerprint density at radius 1 is 1.29 bits per heavy atom. The summed E-state index contributed by atoms with van der Waals surface area (Å²) >= 11 is 0. The van der Waals surface area contributed by atoms with Gasteiger partial charge in [0.1, 0.15) is 6.54 Å². The number of urea groups is 1. The lowest BCUT2D eigenvalue weighted by Gasteiger charge is -2.29. The molecule has 21 heavy (non-hydrogen) atoms. The predicted molar refractivity (Wildman–Crippen MR) is 67.0 cm³/mol. The molecule has 2 rings (SSSR count). The first kappa shape index (κ1) is 15.1. The standard InChI is InChI=1S/C13H13F3N2O3/c14-13(15,16)7-17-12(21)18-4-3-8-1-2-9(11(19)20)5-10(8)6-18/h1-2,5H,3-4,6-7H2,(H,17,21)(H,19,20). The third-order valence-electron chi connectivity index (χ3n) is 3.19. The molecule has 0 aliphatic carbocycles. The smallest absolute Gasteiger partial charge is 0.405 e. The van der Waals surface area contributed by atoms with Gasteiger partial charge in [-0.25, -0.2) is 9.59 Å². The molecule has 8 heteroatoms. The monoisotopic (exact) mass is 302 g/mol. The van der Waals surface area contributed by atoms with Gasteiger partial charge in [0.2, 0.25) is 0 Å². The number of alkyl halides is 3. The summed E-state index contributed by atoms with van der Waals surface area (Å²) in [5.74, 6) is -1.09. The minimum absolute atomic E-state index is 0.0892. The Bertz CT molecular complexity index is 572. The third-order valence-corrected chi connectivity index (χ3v) is 3.19. The normalized spacial score (nSPS) is 14.5. The van der Waals surface area contributed by atoms with E-state index in [-0.39, 0.29) is 12.1 Å². The lowest BCUT2D eigenvalue weighted by Crippen LogP contribution is -2.45. The number of carboxylic acids is 1. The van der Waals surface area contributed by atoms with Gasteiger partial charge in [-0.2, -0.15) is 13.2 Å². The maximum atomic E-state index is 12.1. The summed E-state index contributed by atoms with van der Waals surface area (Å²) in [6.07, 6.45) is -3.98. The number of nitrogens with zero attached hydrogens (tertiary/aromatic N) is 1. The maximum Gasteiger partial charge on any atom is 0.405 e. The fourth-order valence-electron chi connectivity index (χ4n) is 2.15. The number of halogens is 3. The topological polar surface area (TPSA) is 69.6 Å². The van der Waals surface area contributed by atoms with Crippen molar-refractivity contribution in [2.24, 2.45) is 0 Å². The van der Waals surface area contributed by atoms with Gasteiger partial charge in [0.05, 0.1) is 5.56 Å². The molecule has 0 saturated heterocycles. The highest BCUT2D eigenvalue weighted by atomic mass is 19.4. The largest absolute Gasteiger partial charge is 0.478 e. The van der Waals surface area contributed by atoms with E-state index in [2.05, 4.69) is 0 Å². The number of benzene rings is 1. The first-order valence-corrected chi connectivity index (χ1v) is 6.21. The van der Waals surface area contributed by atoms with Crippen LogP contribution in [-0.2, 0) is 13.0 Å². The van der Waals surface area contributed by atoms with Crippen LogP contribution in [0.25, 0.3) is 0 Å². The molecule has 1 heterocycles. The number of carboxylic acid groups (broad SMARTS) is 1. The van der Waals surface area contributed by atoms with Gasteiger partial charge in [-0.3, -0.25) is 0 Å². The van der Waals surface area contributed by atoms with Gasteiger partial charge < -0.3 is 15.3 Å². The van der Waals surface area contributed by atoms with Crippen LogP contribution in [0.4, 0.5) is 18.0 Å². The predicted octanol–water partition coefficient (Wildman–Crippen LogP) is 2.01. The highest BCUT2D eigenvalue weighted by Crippen LogP contribution is 2.21. The Kier molecular flexibility index (Phi) is 4.06. The zero-order valence-corrected chi connectivity index (χ0v) is 10.9. The number of carbonyl (C=O) groups excluding carboxylic acids is 1. The highest BCUT2D eigenvalue weighted by molar-refractivity contribution is 5.88. The van der Waals surface area contributed by atoms with E-state index >= 15 is 0 Å². The lowest BCUT2D eigenvalue weighted by atomic mass is 9.97. The van der Waals surface area contributed by atoms with Crippen LogP contribution in [0.5, 0.6) is 0 Å². The summed E-state index contributed by atoms with van der Waals surface area (Å²) in [5, 5.41) is 10.7. The first-order chi connectivity index (χ1) is 9.76. The molecule has 0 fully saturated rings. The Labute approximate surface area is 118 Å². The van der Waals surface area contributed by atoms with E-state index in [1.54, 1.807) is 11.4 Å². The molecule has 0 aromatic heterocycles. The SMILES string of the molecule is O=C(O)c1ccc2c(c1)CN(C(=O)NCC(F)(F)F)CC2. The van der Waals surface area contributed by atoms with E-state index in [0.29, 0.717) is 18.5 Å². The van der Waals surface area contributed by atoms with Crippen molar-refractivity contribution in [3.8, 4) is 0 Å². The molecule has 1 aliphatic rings. The zero-order chi connectivity index (χ0) is 15.6. The first-order valence-electron chi connectivity index (χ1n) is 6.21. The molecule has 5 nitrogen and oxygen atoms in total. The van der Waals surface area contributed by atoms with Crippen molar-refractivity contribution in [1.29, 1.82) is 0 Å². The minimum Gasteiger partial charge on any atom is -0.478 e. The van der Waals surface area contributed by atoms with E-state index in [1.807, 2.05) is 0 Å². The van der Waals surface area contributed by atoms with E-state index in [9.17, 15) is 22.8 Å². The Morgan fingerprint density at radius 3 is 2.62 bits per heavy atom. The van der Waals surface area contributed by atoms with Gasteiger partial charge in [0.25, 0.3) is 0 Å². The number of hydrogen-bond donors (Lipinski definition) is 2. The van der Waals surface area contributed by atoms with Gasteiger partial charge in [-0.15, -0.1) is 0 Å². The second-order valence-corrected chi connectivity index (χ2v) is 4.73. The molecule has 2 N–H and O–H groups in total. The van der Waals surface area contributed by atoms with Crippen LogP contribution in [0.1, 0.15) is 21.5 Å². The molecular formula is C13H13F3N2O3. The molecule has 1 aliphatic heterocycles. The highest BCUT2D eigenvalue weighted by Gasteiger charge is 2.29. The average molecular weight is 302 g/mol. The second kappa shape index (κ2) is 5.63. The van der Waals surface area contributed by atoms with E-state index in [4.69, 9.17) is 5.11 Å². The van der Waals surface area contributed by atoms with Gasteiger partial charge in [-0.1, -0.05) is 6.07 Å². The van der Waals surface area contributed by atoms with Crippen molar-refractivity contribution in [1.82, 2.24) is 10.2 Å². The Morgan fingerprint density at radius 2 is 2.00 bits per heavy atom. The molecule has 0 radical (unpaired) electrons. The number of hydrogen-bond acceptors (Lipinski definition) is 2. The van der Waals surface area contributed by atoms with Crippen molar-refractivity contribution >= 4 is 12.0 Å². The molecule has 0 unspecified atom stereocenters. The molecule has 0 bridgehead atoms. The number of aromatic carboxylic acids is 1. The number of nitrogens with one attached hydrogen (secondary N) is 1. The number of rotatable bonds is 2. The lowest BCUT2D eigenvalue weighted by molar-refractivity contribution is -0.123. The fraction of sp³-hybridized carbons (Fsp3) is 0.385. The zero-order valence-electron chi connectivity index (χ0n) is 10.9. The third kappa shape index (κ3) is 3.87. The summed E-state index contributed by atoms with van der Waals surface area (Å²) in [5.41, 5.74) is 1.63. The second-order valence-electron chi connectivity index (χ2n) is 4.73. The van der Waals surface area contributed by atoms with Crippen LogP contribution >= 0.6 is 0 Å². The van der Waals surface area contributed by atoms with Crippen LogP contribution in [-0.4, -0.2) is 41.3 Å². The maximum absolute atomic E-state index is 12.1. The van der Waals surface area contributed by atoms with E-state index in [1.165, 1.54) is 17.0 Å². The van der Waals surface area contributed by atoms with Crippen molar-refractivity contribution in [3.63, 3.8) is 0 Å². The summed E-state index contributed by atoms with van der Waals surface area (Å²) in [6.45, 7) is -0.992. The van der Waals surface area contributed by atoms with Crippen molar-refractivity contribution < 1.29 is 27.9 Å². The van der Waals surface area contributed by atoms with E-state index < -0.39 is 24.7 Å². The van der Waals surface area contributed by atoms with Gasteiger partial charge in [0, 0.05) is 13.1 Å². The summed E-state index contributed by atoms with van der Waals surface area (Å²) < 4.78 is 36.2. The van der Waals surface area contributed by atoms with Gasteiger partial charge in [0.15, 0.2) is 0 Å². The quantitative estimate of drug-likeness (QED) is 0.878. The summed E-state index contributed by atoms with van der Waals surface area (Å²) in [7, 11) is 0. The summed E-state index contributed by atoms with van der Waals surface area (Å²) in [6, 6.07) is 3.78. The van der Waals surface area contributed by atoms with Crippen LogP contribution < -0.4 is 5.32 Å². The molecule has 0 atom stereocenters. The van der Waals surface area contributed by atoms with Crippen molar-refractivity contribution in [2.45, 2.75) is 19.1 Å². The molecule has 0 saturated carbocycles. The fourth-order valence-corrected chi connectivity index (χ4v) is 2.15. The van der Waals surface area contributed by atoms with Crippen LogP contribution in [0.2, 0.25) is 0 Å². The van der Waals surface area contributed by atoms with Gasteiger partial charge >= 0.3 is 18.2 Å². The summed E-state index contributed by atoms with van der Waals surface area (Å²) in [4.78, 5) is 23.8. The molecule has 2 amide bonds.